The number of rotatable bonds is 5. The highest BCUT2D eigenvalue weighted by atomic mass is 35.5. The molecule has 156 valence electrons. The fraction of sp³-hybridized carbons (Fsp3) is 0.154. The van der Waals surface area contributed by atoms with Crippen molar-refractivity contribution in [1.29, 1.82) is 0 Å². The predicted octanol–water partition coefficient (Wildman–Crippen LogP) is 6.48. The number of carbonyl (C=O) groups excluding carboxylic acids is 2. The molecular formula is C26H22ClNO2S. The van der Waals surface area contributed by atoms with Crippen LogP contribution in [0.1, 0.15) is 27.8 Å². The largest absolute Gasteiger partial charge is 0.272 e. The van der Waals surface area contributed by atoms with Gasteiger partial charge in [-0.25, -0.2) is 4.90 Å². The number of imide groups is 1. The molecule has 1 heterocycles. The molecule has 4 rings (SSSR count). The van der Waals surface area contributed by atoms with Crippen LogP contribution in [0.2, 0.25) is 5.02 Å². The Kier molecular flexibility index (Phi) is 6.03. The second-order valence-electron chi connectivity index (χ2n) is 7.68. The van der Waals surface area contributed by atoms with Gasteiger partial charge < -0.3 is 0 Å². The molecular weight excluding hydrogens is 426 g/mol. The van der Waals surface area contributed by atoms with Crippen molar-refractivity contribution in [2.45, 2.75) is 26.5 Å². The maximum absolute atomic E-state index is 13.6. The van der Waals surface area contributed by atoms with Crippen LogP contribution in [-0.2, 0) is 15.3 Å². The summed E-state index contributed by atoms with van der Waals surface area (Å²) in [4.78, 5) is 28.8. The van der Waals surface area contributed by atoms with E-state index < -0.39 is 0 Å². The molecule has 0 spiro atoms. The molecule has 0 radical (unpaired) electrons. The maximum Gasteiger partial charge on any atom is 0.272 e. The first-order chi connectivity index (χ1) is 14.9. The van der Waals surface area contributed by atoms with Gasteiger partial charge in [0.15, 0.2) is 0 Å². The number of nitrogens with zero attached hydrogens (tertiary/aromatic N) is 1. The van der Waals surface area contributed by atoms with E-state index in [4.69, 9.17) is 11.6 Å². The third kappa shape index (κ3) is 4.18. The first-order valence-corrected chi connectivity index (χ1v) is 11.4. The Morgan fingerprint density at radius 1 is 0.839 bits per heavy atom. The van der Waals surface area contributed by atoms with Crippen molar-refractivity contribution in [3.05, 3.63) is 104 Å². The first-order valence-electron chi connectivity index (χ1n) is 10.0. The molecule has 2 amide bonds. The van der Waals surface area contributed by atoms with Gasteiger partial charge in [-0.15, -0.1) is 11.8 Å². The molecule has 3 aromatic carbocycles. The minimum Gasteiger partial charge on any atom is -0.268 e. The highest BCUT2D eigenvalue weighted by Crippen LogP contribution is 2.41. The molecule has 0 atom stereocenters. The Balaban J connectivity index is 1.79. The van der Waals surface area contributed by atoms with Crippen LogP contribution in [0.3, 0.4) is 0 Å². The van der Waals surface area contributed by atoms with Gasteiger partial charge in [-0.3, -0.25) is 9.59 Å². The van der Waals surface area contributed by atoms with Crippen molar-refractivity contribution >= 4 is 46.4 Å². The van der Waals surface area contributed by atoms with E-state index in [0.29, 0.717) is 26.9 Å². The minimum absolute atomic E-state index is 0.305. The third-order valence-corrected chi connectivity index (χ3v) is 6.88. The highest BCUT2D eigenvalue weighted by molar-refractivity contribution is 8.03. The summed E-state index contributed by atoms with van der Waals surface area (Å²) in [6.07, 6.45) is 0. The van der Waals surface area contributed by atoms with Crippen molar-refractivity contribution in [2.75, 3.05) is 4.90 Å². The van der Waals surface area contributed by atoms with E-state index in [1.165, 1.54) is 16.7 Å². The zero-order valence-corrected chi connectivity index (χ0v) is 19.2. The van der Waals surface area contributed by atoms with Gasteiger partial charge in [0.1, 0.15) is 0 Å². The lowest BCUT2D eigenvalue weighted by molar-refractivity contribution is -0.119. The number of thioether (sulfide) groups is 1. The fourth-order valence-corrected chi connectivity index (χ4v) is 4.89. The molecule has 31 heavy (non-hydrogen) atoms. The molecule has 3 nitrogen and oxygen atoms in total. The summed E-state index contributed by atoms with van der Waals surface area (Å²) < 4.78 is 0. The van der Waals surface area contributed by atoms with Crippen LogP contribution in [0, 0.1) is 20.8 Å². The lowest BCUT2D eigenvalue weighted by Crippen LogP contribution is -2.31. The summed E-state index contributed by atoms with van der Waals surface area (Å²) in [7, 11) is 0. The summed E-state index contributed by atoms with van der Waals surface area (Å²) in [6.45, 7) is 5.87. The number of aryl methyl sites for hydroxylation is 3. The van der Waals surface area contributed by atoms with E-state index in [1.54, 1.807) is 12.1 Å². The van der Waals surface area contributed by atoms with Gasteiger partial charge >= 0.3 is 0 Å². The average Bonchev–Trinajstić information content (AvgIpc) is 2.99. The fourth-order valence-electron chi connectivity index (χ4n) is 3.66. The molecule has 0 fully saturated rings. The van der Waals surface area contributed by atoms with Crippen LogP contribution in [0.4, 0.5) is 5.69 Å². The quantitative estimate of drug-likeness (QED) is 0.420. The van der Waals surface area contributed by atoms with Crippen LogP contribution >= 0.6 is 23.4 Å². The van der Waals surface area contributed by atoms with Crippen molar-refractivity contribution in [1.82, 2.24) is 0 Å². The molecule has 0 saturated carbocycles. The molecule has 1 aliphatic heterocycles. The maximum atomic E-state index is 13.6. The Labute approximate surface area is 191 Å². The second-order valence-corrected chi connectivity index (χ2v) is 9.07. The monoisotopic (exact) mass is 447 g/mol. The number of benzene rings is 3. The molecule has 0 bridgehead atoms. The van der Waals surface area contributed by atoms with E-state index in [2.05, 4.69) is 0 Å². The van der Waals surface area contributed by atoms with Crippen LogP contribution in [-0.4, -0.2) is 11.8 Å². The summed E-state index contributed by atoms with van der Waals surface area (Å²) in [5, 5.41) is 0.525. The van der Waals surface area contributed by atoms with Crippen LogP contribution in [0.25, 0.3) is 5.57 Å². The summed E-state index contributed by atoms with van der Waals surface area (Å²) in [6, 6.07) is 21.1. The molecule has 0 aromatic heterocycles. The molecule has 0 saturated heterocycles. The molecule has 0 aliphatic carbocycles. The Morgan fingerprint density at radius 3 is 2.26 bits per heavy atom. The van der Waals surface area contributed by atoms with Gasteiger partial charge in [0.05, 0.1) is 16.2 Å². The lowest BCUT2D eigenvalue weighted by Gasteiger charge is -2.16. The van der Waals surface area contributed by atoms with E-state index in [-0.39, 0.29) is 11.8 Å². The number of halogens is 1. The SMILES string of the molecule is Cc1ccc(C2=C(SCc3ccccc3)C(=O)N(c3ccc(C)c(Cl)c3)C2=O)c(C)c1. The normalized spacial score (nSPS) is 14.0. The predicted molar refractivity (Wildman–Crippen MR) is 129 cm³/mol. The summed E-state index contributed by atoms with van der Waals surface area (Å²) in [5.74, 6) is -0.0141. The highest BCUT2D eigenvalue weighted by Gasteiger charge is 2.40. The topological polar surface area (TPSA) is 37.4 Å². The van der Waals surface area contributed by atoms with Crippen LogP contribution in [0.5, 0.6) is 0 Å². The average molecular weight is 448 g/mol. The molecule has 0 N–H and O–H groups in total. The van der Waals surface area contributed by atoms with Crippen LogP contribution < -0.4 is 4.90 Å². The van der Waals surface area contributed by atoms with Gasteiger partial charge in [-0.05, 0) is 55.2 Å². The van der Waals surface area contributed by atoms with E-state index in [9.17, 15) is 9.59 Å². The van der Waals surface area contributed by atoms with Gasteiger partial charge in [-0.1, -0.05) is 71.8 Å². The lowest BCUT2D eigenvalue weighted by atomic mass is 9.98. The minimum atomic E-state index is -0.313. The second kappa shape index (κ2) is 8.74. The van der Waals surface area contributed by atoms with Crippen LogP contribution in [0.15, 0.2) is 71.6 Å². The standard InChI is InChI=1S/C26H22ClNO2S/c1-16-9-12-21(18(3)13-16)23-24(31-15-19-7-5-4-6-8-19)26(30)28(25(23)29)20-11-10-17(2)22(27)14-20/h4-14H,15H2,1-3H3. The van der Waals surface area contributed by atoms with E-state index in [0.717, 1.165) is 27.8 Å². The third-order valence-electron chi connectivity index (χ3n) is 5.33. The molecule has 0 unspecified atom stereocenters. The Morgan fingerprint density at radius 2 is 1.58 bits per heavy atom. The van der Waals surface area contributed by atoms with E-state index >= 15 is 0 Å². The molecule has 1 aliphatic rings. The number of amides is 2. The Hall–Kier alpha value is -2.82. The van der Waals surface area contributed by atoms with Crippen molar-refractivity contribution < 1.29 is 9.59 Å². The summed E-state index contributed by atoms with van der Waals surface area (Å²) in [5.41, 5.74) is 5.81. The number of anilines is 1. The number of hydrogen-bond acceptors (Lipinski definition) is 3. The molecule has 3 aromatic rings. The van der Waals surface area contributed by atoms with Crippen molar-refractivity contribution in [2.24, 2.45) is 0 Å². The smallest absolute Gasteiger partial charge is 0.268 e. The van der Waals surface area contributed by atoms with Gasteiger partial charge in [0.2, 0.25) is 0 Å². The molecule has 5 heteroatoms. The zero-order valence-electron chi connectivity index (χ0n) is 17.6. The van der Waals surface area contributed by atoms with Gasteiger partial charge in [0.25, 0.3) is 11.8 Å². The van der Waals surface area contributed by atoms with Crippen molar-refractivity contribution in [3.8, 4) is 0 Å². The number of hydrogen-bond donors (Lipinski definition) is 0. The van der Waals surface area contributed by atoms with Gasteiger partial charge in [0, 0.05) is 10.8 Å². The zero-order chi connectivity index (χ0) is 22.1. The van der Waals surface area contributed by atoms with Crippen molar-refractivity contribution in [3.63, 3.8) is 0 Å². The van der Waals surface area contributed by atoms with Gasteiger partial charge in [-0.2, -0.15) is 0 Å². The Bertz CT molecular complexity index is 1220. The van der Waals surface area contributed by atoms with E-state index in [1.807, 2.05) is 75.4 Å². The first kappa shape index (κ1) is 21.4. The summed E-state index contributed by atoms with van der Waals surface area (Å²) >= 11 is 7.70. The number of carbonyl (C=O) groups is 2.